The molecule has 0 spiro atoms. The summed E-state index contributed by atoms with van der Waals surface area (Å²) in [7, 11) is 0. The molecule has 0 aromatic carbocycles. The Hall–Kier alpha value is -5.00. The third kappa shape index (κ3) is 13.0. The highest BCUT2D eigenvalue weighted by Gasteiger charge is 2.56. The minimum absolute atomic E-state index is 0.00587. The molecule has 3 aliphatic carbocycles. The van der Waals surface area contributed by atoms with Gasteiger partial charge in [0.05, 0.1) is 36.6 Å². The van der Waals surface area contributed by atoms with E-state index in [0.717, 1.165) is 22.3 Å². The second-order valence-corrected chi connectivity index (χ2v) is 19.3. The van der Waals surface area contributed by atoms with E-state index in [1.54, 1.807) is 83.1 Å². The molecule has 0 atom stereocenters. The van der Waals surface area contributed by atoms with E-state index in [0.29, 0.717) is 22.3 Å². The van der Waals surface area contributed by atoms with E-state index in [9.17, 15) is 28.8 Å². The van der Waals surface area contributed by atoms with Gasteiger partial charge in [-0.15, -0.1) is 0 Å². The predicted octanol–water partition coefficient (Wildman–Crippen LogP) is 9.97. The van der Waals surface area contributed by atoms with Crippen molar-refractivity contribution in [1.82, 2.24) is 0 Å². The lowest BCUT2D eigenvalue weighted by molar-refractivity contribution is -0.178. The van der Waals surface area contributed by atoms with E-state index in [1.807, 2.05) is 64.2 Å². The fourth-order valence-electron chi connectivity index (χ4n) is 7.95. The lowest BCUT2D eigenvalue weighted by Gasteiger charge is -2.27. The van der Waals surface area contributed by atoms with Crippen LogP contribution in [-0.4, -0.2) is 72.4 Å². The quantitative estimate of drug-likeness (QED) is 0.0730. The molecule has 0 heterocycles. The molecule has 0 saturated carbocycles. The van der Waals surface area contributed by atoms with Crippen molar-refractivity contribution in [2.75, 3.05) is 0 Å². The summed E-state index contributed by atoms with van der Waals surface area (Å²) in [5.74, 6) is -4.17. The molecule has 3 aliphatic rings. The van der Waals surface area contributed by atoms with Crippen LogP contribution in [0.3, 0.4) is 0 Å². The Balaban J connectivity index is 2.33. The van der Waals surface area contributed by atoms with Crippen LogP contribution in [0.1, 0.15) is 149 Å². The first-order valence-electron chi connectivity index (χ1n) is 22.3. The van der Waals surface area contributed by atoms with Crippen LogP contribution in [0.4, 0.5) is 0 Å². The van der Waals surface area contributed by atoms with Crippen LogP contribution in [-0.2, 0) is 57.2 Å². The first-order valence-corrected chi connectivity index (χ1v) is 22.3. The van der Waals surface area contributed by atoms with Gasteiger partial charge in [0.2, 0.25) is 0 Å². The maximum atomic E-state index is 14.1. The van der Waals surface area contributed by atoms with Crippen molar-refractivity contribution in [3.8, 4) is 0 Å². The SMILES string of the molecule is CC(C)=CC1=C(/C=C/C2=C(/C=C/C3=C(C=C(C)C)CC(C(=O)OC(C)C)(C(=O)OC(C)C)C3)CC(C(=O)OC(C)C)(C(=O)OC(C)C)C2)CC(C(=O)OC(C)C)(C(=O)OC(C)C)C1. The summed E-state index contributed by atoms with van der Waals surface area (Å²) in [4.78, 5) is 83.7. The second kappa shape index (κ2) is 21.6. The molecule has 3 rings (SSSR count). The van der Waals surface area contributed by atoms with Crippen LogP contribution in [0, 0.1) is 16.2 Å². The van der Waals surface area contributed by atoms with Gasteiger partial charge in [-0.2, -0.15) is 0 Å². The Labute approximate surface area is 375 Å². The number of hydrogen-bond donors (Lipinski definition) is 0. The molecule has 348 valence electrons. The largest absolute Gasteiger partial charge is 0.462 e. The van der Waals surface area contributed by atoms with Gasteiger partial charge in [-0.1, -0.05) is 47.6 Å². The Morgan fingerprint density at radius 2 is 0.492 bits per heavy atom. The summed E-state index contributed by atoms with van der Waals surface area (Å²) in [5, 5.41) is 0. The van der Waals surface area contributed by atoms with Gasteiger partial charge < -0.3 is 28.4 Å². The van der Waals surface area contributed by atoms with Crippen LogP contribution < -0.4 is 0 Å². The summed E-state index contributed by atoms with van der Waals surface area (Å²) in [5.41, 5.74) is 0.941. The number of hydrogen-bond acceptors (Lipinski definition) is 12. The average Bonchev–Trinajstić information content (AvgIpc) is 3.81. The number of rotatable bonds is 18. The van der Waals surface area contributed by atoms with Gasteiger partial charge in [0.25, 0.3) is 0 Å². The fraction of sp³-hybridized carbons (Fsp3) is 0.608. The summed E-state index contributed by atoms with van der Waals surface area (Å²) < 4.78 is 34.2. The van der Waals surface area contributed by atoms with Crippen LogP contribution in [0.15, 0.2) is 81.0 Å². The highest BCUT2D eigenvalue weighted by molar-refractivity contribution is 6.03. The normalized spacial score (nSPS) is 18.1. The number of carbonyl (C=O) groups excluding carboxylic acids is 6. The molecule has 0 unspecified atom stereocenters. The van der Waals surface area contributed by atoms with Crippen LogP contribution >= 0.6 is 0 Å². The fourth-order valence-corrected chi connectivity index (χ4v) is 7.95. The third-order valence-electron chi connectivity index (χ3n) is 10.5. The van der Waals surface area contributed by atoms with E-state index in [2.05, 4.69) is 0 Å². The number of allylic oxidation sites excluding steroid dienone is 14. The van der Waals surface area contributed by atoms with Crippen molar-refractivity contribution in [3.63, 3.8) is 0 Å². The van der Waals surface area contributed by atoms with E-state index in [1.165, 1.54) is 0 Å². The Bertz CT molecular complexity index is 1810. The van der Waals surface area contributed by atoms with E-state index in [-0.39, 0.29) is 38.5 Å². The molecule has 0 amide bonds. The van der Waals surface area contributed by atoms with Gasteiger partial charge >= 0.3 is 35.8 Å². The molecular weight excluding hydrogens is 805 g/mol. The number of carbonyl (C=O) groups is 6. The molecular formula is C51H72O12. The summed E-state index contributed by atoms with van der Waals surface area (Å²) in [6.07, 6.45) is 8.08. The summed E-state index contributed by atoms with van der Waals surface area (Å²) in [6.45, 7) is 28.3. The Morgan fingerprint density at radius 1 is 0.333 bits per heavy atom. The first-order chi connectivity index (χ1) is 29.2. The summed E-state index contributed by atoms with van der Waals surface area (Å²) >= 11 is 0. The summed E-state index contributed by atoms with van der Waals surface area (Å²) in [6, 6.07) is 0. The Kier molecular flexibility index (Phi) is 17.9. The lowest BCUT2D eigenvalue weighted by atomic mass is 9.82. The second-order valence-electron chi connectivity index (χ2n) is 19.3. The van der Waals surface area contributed by atoms with Crippen molar-refractivity contribution >= 4 is 35.8 Å². The van der Waals surface area contributed by atoms with E-state index < -0.39 is 88.7 Å². The predicted molar refractivity (Wildman–Crippen MR) is 241 cm³/mol. The van der Waals surface area contributed by atoms with Gasteiger partial charge in [-0.05, 0) is 183 Å². The zero-order valence-electron chi connectivity index (χ0n) is 40.6. The van der Waals surface area contributed by atoms with Crippen molar-refractivity contribution in [3.05, 3.63) is 81.0 Å². The molecule has 0 fully saturated rings. The molecule has 0 aliphatic heterocycles. The van der Waals surface area contributed by atoms with Crippen LogP contribution in [0.2, 0.25) is 0 Å². The minimum Gasteiger partial charge on any atom is -0.462 e. The third-order valence-corrected chi connectivity index (χ3v) is 10.5. The van der Waals surface area contributed by atoms with E-state index >= 15 is 0 Å². The van der Waals surface area contributed by atoms with Crippen molar-refractivity contribution in [1.29, 1.82) is 0 Å². The highest BCUT2D eigenvalue weighted by atomic mass is 16.6. The van der Waals surface area contributed by atoms with Gasteiger partial charge in [0, 0.05) is 0 Å². The average molecular weight is 877 g/mol. The van der Waals surface area contributed by atoms with Crippen molar-refractivity contribution < 1.29 is 57.2 Å². The van der Waals surface area contributed by atoms with E-state index in [4.69, 9.17) is 28.4 Å². The molecule has 0 aromatic rings. The van der Waals surface area contributed by atoms with Gasteiger partial charge in [-0.3, -0.25) is 28.8 Å². The topological polar surface area (TPSA) is 158 Å². The minimum atomic E-state index is -1.74. The lowest BCUT2D eigenvalue weighted by Crippen LogP contribution is -2.42. The first kappa shape index (κ1) is 52.3. The molecule has 0 radical (unpaired) electrons. The van der Waals surface area contributed by atoms with Crippen LogP contribution in [0.5, 0.6) is 0 Å². The smallest absolute Gasteiger partial charge is 0.324 e. The number of esters is 6. The monoisotopic (exact) mass is 877 g/mol. The maximum absolute atomic E-state index is 14.1. The molecule has 0 saturated heterocycles. The van der Waals surface area contributed by atoms with Gasteiger partial charge in [0.15, 0.2) is 16.2 Å². The molecule has 12 heteroatoms. The zero-order chi connectivity index (χ0) is 47.8. The van der Waals surface area contributed by atoms with Crippen LogP contribution in [0.25, 0.3) is 0 Å². The van der Waals surface area contributed by atoms with Gasteiger partial charge in [-0.25, -0.2) is 0 Å². The molecule has 0 bridgehead atoms. The zero-order valence-corrected chi connectivity index (χ0v) is 40.6. The molecule has 63 heavy (non-hydrogen) atoms. The molecule has 0 N–H and O–H groups in total. The molecule has 0 aromatic heterocycles. The number of ether oxygens (including phenoxy) is 6. The van der Waals surface area contributed by atoms with Crippen molar-refractivity contribution in [2.45, 2.75) is 186 Å². The maximum Gasteiger partial charge on any atom is 0.324 e. The standard InChI is InChI=1S/C51H72O12/c1-29(2)21-41-27-50(45(54)60-33(9)10,46(55)61-34(11)12)25-39(41)19-17-37-23-49(43(52)58-31(5)6,44(53)59-32(7)8)24-38(37)18-20-40-26-51(47(56)62-35(13)14,48(57)63-36(15)16)28-42(40)22-30(3)4/h17-22,31-36H,23-28H2,1-16H3/b19-17+,20-18+. The van der Waals surface area contributed by atoms with Crippen molar-refractivity contribution in [2.24, 2.45) is 16.2 Å². The Morgan fingerprint density at radius 3 is 0.651 bits per heavy atom. The highest BCUT2D eigenvalue weighted by Crippen LogP contribution is 2.50. The molecule has 12 nitrogen and oxygen atoms in total. The van der Waals surface area contributed by atoms with Gasteiger partial charge in [0.1, 0.15) is 0 Å².